The first-order valence-corrected chi connectivity index (χ1v) is 6.47. The van der Waals surface area contributed by atoms with Gasteiger partial charge in [0.1, 0.15) is 0 Å². The number of carbonyl (C=O) groups is 1. The van der Waals surface area contributed by atoms with E-state index in [1.807, 2.05) is 55.4 Å². The molecule has 0 bridgehead atoms. The lowest BCUT2D eigenvalue weighted by Crippen LogP contribution is -2.15. The number of amides is 1. The molecule has 0 aliphatic carbocycles. The van der Waals surface area contributed by atoms with Crippen molar-refractivity contribution >= 4 is 17.3 Å². The fourth-order valence-electron chi connectivity index (χ4n) is 2.01. The van der Waals surface area contributed by atoms with Gasteiger partial charge in [-0.1, -0.05) is 24.3 Å². The molecule has 4 nitrogen and oxygen atoms in total. The number of benzene rings is 2. The Bertz CT molecular complexity index is 608. The van der Waals surface area contributed by atoms with Crippen molar-refractivity contribution in [3.63, 3.8) is 0 Å². The Labute approximate surface area is 119 Å². The number of nitrogens with one attached hydrogen (secondary N) is 1. The lowest BCUT2D eigenvalue weighted by Gasteiger charge is -2.15. The van der Waals surface area contributed by atoms with Crippen LogP contribution in [0.4, 0.5) is 11.4 Å². The highest BCUT2D eigenvalue weighted by Gasteiger charge is 2.06. The van der Waals surface area contributed by atoms with E-state index >= 15 is 0 Å². The van der Waals surface area contributed by atoms with Crippen molar-refractivity contribution in [1.82, 2.24) is 0 Å². The van der Waals surface area contributed by atoms with Crippen LogP contribution in [0.1, 0.15) is 15.9 Å². The minimum Gasteiger partial charge on any atom is -0.381 e. The molecule has 4 heteroatoms. The zero-order valence-corrected chi connectivity index (χ0v) is 11.8. The van der Waals surface area contributed by atoms with E-state index in [9.17, 15) is 4.79 Å². The molecule has 0 atom stereocenters. The van der Waals surface area contributed by atoms with E-state index in [4.69, 9.17) is 5.73 Å². The van der Waals surface area contributed by atoms with Crippen LogP contribution >= 0.6 is 0 Å². The SMILES string of the molecule is CN(C)c1cccc(NCc2ccccc2C(N)=O)c1. The second-order valence-corrected chi connectivity index (χ2v) is 4.82. The Kier molecular flexibility index (Phi) is 4.25. The monoisotopic (exact) mass is 269 g/mol. The Morgan fingerprint density at radius 1 is 1.15 bits per heavy atom. The quantitative estimate of drug-likeness (QED) is 0.876. The van der Waals surface area contributed by atoms with Crippen LogP contribution in [-0.2, 0) is 6.54 Å². The van der Waals surface area contributed by atoms with E-state index in [1.165, 1.54) is 0 Å². The summed E-state index contributed by atoms with van der Waals surface area (Å²) in [5.41, 5.74) is 8.96. The first kappa shape index (κ1) is 13.9. The largest absolute Gasteiger partial charge is 0.381 e. The average molecular weight is 269 g/mol. The van der Waals surface area contributed by atoms with Crippen molar-refractivity contribution in [2.24, 2.45) is 5.73 Å². The highest BCUT2D eigenvalue weighted by Crippen LogP contribution is 2.18. The predicted octanol–water partition coefficient (Wildman–Crippen LogP) is 2.46. The molecule has 1 amide bonds. The van der Waals surface area contributed by atoms with Gasteiger partial charge < -0.3 is 16.0 Å². The van der Waals surface area contributed by atoms with Crippen molar-refractivity contribution in [3.05, 3.63) is 59.7 Å². The van der Waals surface area contributed by atoms with Crippen LogP contribution in [0.5, 0.6) is 0 Å². The third kappa shape index (κ3) is 3.29. The van der Waals surface area contributed by atoms with Crippen molar-refractivity contribution in [2.75, 3.05) is 24.3 Å². The highest BCUT2D eigenvalue weighted by atomic mass is 16.1. The number of nitrogens with zero attached hydrogens (tertiary/aromatic N) is 1. The number of carbonyl (C=O) groups excluding carboxylic acids is 1. The fraction of sp³-hybridized carbons (Fsp3) is 0.188. The van der Waals surface area contributed by atoms with Gasteiger partial charge in [0.05, 0.1) is 0 Å². The molecule has 2 aromatic carbocycles. The van der Waals surface area contributed by atoms with Gasteiger partial charge in [0.25, 0.3) is 0 Å². The van der Waals surface area contributed by atoms with Gasteiger partial charge in [-0.05, 0) is 29.8 Å². The second kappa shape index (κ2) is 6.10. The maximum atomic E-state index is 11.4. The third-order valence-electron chi connectivity index (χ3n) is 3.13. The minimum absolute atomic E-state index is 0.399. The summed E-state index contributed by atoms with van der Waals surface area (Å²) in [7, 11) is 4.00. The van der Waals surface area contributed by atoms with Crippen LogP contribution in [0, 0.1) is 0 Å². The number of primary amides is 1. The number of hydrogen-bond donors (Lipinski definition) is 2. The number of nitrogens with two attached hydrogens (primary N) is 1. The maximum Gasteiger partial charge on any atom is 0.249 e. The van der Waals surface area contributed by atoms with Crippen molar-refractivity contribution in [3.8, 4) is 0 Å². The Morgan fingerprint density at radius 3 is 2.60 bits per heavy atom. The summed E-state index contributed by atoms with van der Waals surface area (Å²) in [4.78, 5) is 13.4. The van der Waals surface area contributed by atoms with Crippen LogP contribution in [-0.4, -0.2) is 20.0 Å². The number of hydrogen-bond acceptors (Lipinski definition) is 3. The molecular formula is C16H19N3O. The van der Waals surface area contributed by atoms with Gasteiger partial charge in [-0.3, -0.25) is 4.79 Å². The van der Waals surface area contributed by atoms with Crippen LogP contribution in [0.2, 0.25) is 0 Å². The van der Waals surface area contributed by atoms with Gasteiger partial charge >= 0.3 is 0 Å². The summed E-state index contributed by atoms with van der Waals surface area (Å²) in [5, 5.41) is 3.32. The molecular weight excluding hydrogens is 250 g/mol. The molecule has 104 valence electrons. The maximum absolute atomic E-state index is 11.4. The first-order chi connectivity index (χ1) is 9.58. The zero-order chi connectivity index (χ0) is 14.5. The summed E-state index contributed by atoms with van der Waals surface area (Å²) in [6.07, 6.45) is 0. The number of anilines is 2. The summed E-state index contributed by atoms with van der Waals surface area (Å²) in [6, 6.07) is 15.5. The van der Waals surface area contributed by atoms with E-state index in [2.05, 4.69) is 11.4 Å². The molecule has 0 aromatic heterocycles. The van der Waals surface area contributed by atoms with E-state index in [0.717, 1.165) is 16.9 Å². The summed E-state index contributed by atoms with van der Waals surface area (Å²) in [5.74, 6) is -0.399. The molecule has 0 unspecified atom stereocenters. The van der Waals surface area contributed by atoms with Crippen molar-refractivity contribution < 1.29 is 4.79 Å². The molecule has 2 rings (SSSR count). The second-order valence-electron chi connectivity index (χ2n) is 4.82. The van der Waals surface area contributed by atoms with E-state index in [-0.39, 0.29) is 0 Å². The van der Waals surface area contributed by atoms with Crippen LogP contribution < -0.4 is 16.0 Å². The molecule has 0 saturated heterocycles. The highest BCUT2D eigenvalue weighted by molar-refractivity contribution is 5.94. The van der Waals surface area contributed by atoms with E-state index in [1.54, 1.807) is 6.07 Å². The first-order valence-electron chi connectivity index (χ1n) is 6.47. The van der Waals surface area contributed by atoms with Crippen LogP contribution in [0.25, 0.3) is 0 Å². The van der Waals surface area contributed by atoms with E-state index in [0.29, 0.717) is 12.1 Å². The van der Waals surface area contributed by atoms with Crippen molar-refractivity contribution in [1.29, 1.82) is 0 Å². The molecule has 0 fully saturated rings. The zero-order valence-electron chi connectivity index (χ0n) is 11.8. The van der Waals surface area contributed by atoms with Crippen molar-refractivity contribution in [2.45, 2.75) is 6.54 Å². The standard InChI is InChI=1S/C16H19N3O/c1-19(2)14-8-5-7-13(10-14)18-11-12-6-3-4-9-15(12)16(17)20/h3-10,18H,11H2,1-2H3,(H2,17,20). The Morgan fingerprint density at radius 2 is 1.90 bits per heavy atom. The predicted molar refractivity (Wildman–Crippen MR) is 83.1 cm³/mol. The molecule has 0 aliphatic rings. The topological polar surface area (TPSA) is 58.4 Å². The molecule has 20 heavy (non-hydrogen) atoms. The Balaban J connectivity index is 2.13. The molecule has 0 aliphatic heterocycles. The van der Waals surface area contributed by atoms with Crippen LogP contribution in [0.15, 0.2) is 48.5 Å². The van der Waals surface area contributed by atoms with Gasteiger partial charge in [0.2, 0.25) is 5.91 Å². The summed E-state index contributed by atoms with van der Waals surface area (Å²) >= 11 is 0. The molecule has 0 spiro atoms. The van der Waals surface area contributed by atoms with Crippen LogP contribution in [0.3, 0.4) is 0 Å². The molecule has 3 N–H and O–H groups in total. The third-order valence-corrected chi connectivity index (χ3v) is 3.13. The minimum atomic E-state index is -0.399. The lowest BCUT2D eigenvalue weighted by atomic mass is 10.1. The molecule has 0 radical (unpaired) electrons. The summed E-state index contributed by atoms with van der Waals surface area (Å²) in [6.45, 7) is 0.565. The van der Waals surface area contributed by atoms with E-state index < -0.39 is 5.91 Å². The smallest absolute Gasteiger partial charge is 0.249 e. The van der Waals surface area contributed by atoms with Gasteiger partial charge in [0.15, 0.2) is 0 Å². The average Bonchev–Trinajstić information content (AvgIpc) is 2.45. The molecule has 0 heterocycles. The van der Waals surface area contributed by atoms with Gasteiger partial charge in [-0.25, -0.2) is 0 Å². The van der Waals surface area contributed by atoms with Gasteiger partial charge in [-0.2, -0.15) is 0 Å². The molecule has 0 saturated carbocycles. The number of rotatable bonds is 5. The summed E-state index contributed by atoms with van der Waals surface area (Å²) < 4.78 is 0. The normalized spacial score (nSPS) is 10.1. The van der Waals surface area contributed by atoms with Gasteiger partial charge in [0, 0.05) is 37.6 Å². The lowest BCUT2D eigenvalue weighted by molar-refractivity contribution is 0.0999. The van der Waals surface area contributed by atoms with Gasteiger partial charge in [-0.15, -0.1) is 0 Å². The fourth-order valence-corrected chi connectivity index (χ4v) is 2.01. The Hall–Kier alpha value is -2.49. The molecule has 2 aromatic rings.